The highest BCUT2D eigenvalue weighted by atomic mass is 16.3. The summed E-state index contributed by atoms with van der Waals surface area (Å²) in [6.45, 7) is 0. The number of rotatable bonds is 2. The third-order valence-corrected chi connectivity index (χ3v) is 4.27. The van der Waals surface area contributed by atoms with Crippen LogP contribution in [0.25, 0.3) is 44.3 Å². The molecule has 24 heavy (non-hydrogen) atoms. The Morgan fingerprint density at radius 3 is 2.67 bits per heavy atom. The maximum Gasteiger partial charge on any atom is 0.153 e. The molecule has 2 aromatic carbocycles. The first kappa shape index (κ1) is 13.1. The van der Waals surface area contributed by atoms with Gasteiger partial charge in [-0.15, -0.1) is 0 Å². The molecule has 0 bridgehead atoms. The van der Waals surface area contributed by atoms with E-state index in [2.05, 4.69) is 46.6 Å². The second-order valence-electron chi connectivity index (χ2n) is 5.74. The molecule has 114 valence electrons. The van der Waals surface area contributed by atoms with Gasteiger partial charge in [0.1, 0.15) is 11.8 Å². The minimum atomic E-state index is 0.783. The Morgan fingerprint density at radius 2 is 1.79 bits per heavy atom. The van der Waals surface area contributed by atoms with E-state index in [4.69, 9.17) is 9.40 Å². The van der Waals surface area contributed by atoms with Crippen molar-refractivity contribution < 1.29 is 4.42 Å². The summed E-state index contributed by atoms with van der Waals surface area (Å²) in [5, 5.41) is 9.24. The first-order valence-electron chi connectivity index (χ1n) is 7.75. The van der Waals surface area contributed by atoms with Gasteiger partial charge >= 0.3 is 0 Å². The molecule has 0 atom stereocenters. The van der Waals surface area contributed by atoms with E-state index in [-0.39, 0.29) is 0 Å². The van der Waals surface area contributed by atoms with Crippen LogP contribution in [0.15, 0.2) is 77.7 Å². The molecule has 0 amide bonds. The fourth-order valence-corrected chi connectivity index (χ4v) is 3.03. The van der Waals surface area contributed by atoms with Gasteiger partial charge in [-0.1, -0.05) is 36.4 Å². The summed E-state index contributed by atoms with van der Waals surface area (Å²) >= 11 is 0. The lowest BCUT2D eigenvalue weighted by atomic mass is 10.0. The summed E-state index contributed by atoms with van der Waals surface area (Å²) in [5.74, 6) is 0. The number of hydrogen-bond donors (Lipinski definition) is 1. The van der Waals surface area contributed by atoms with Crippen molar-refractivity contribution in [2.75, 3.05) is 0 Å². The molecule has 0 radical (unpaired) electrons. The number of nitrogens with zero attached hydrogens (tertiary/aromatic N) is 2. The molecular formula is C20H13N3O. The third kappa shape index (κ3) is 2.01. The molecule has 4 heteroatoms. The summed E-state index contributed by atoms with van der Waals surface area (Å²) < 4.78 is 5.70. The van der Waals surface area contributed by atoms with Crippen LogP contribution in [0, 0.1) is 0 Å². The molecule has 0 unspecified atom stereocenters. The molecule has 0 aliphatic carbocycles. The van der Waals surface area contributed by atoms with Crippen LogP contribution in [0.2, 0.25) is 0 Å². The first-order chi connectivity index (χ1) is 11.9. The van der Waals surface area contributed by atoms with Crippen LogP contribution in [-0.2, 0) is 0 Å². The summed E-state index contributed by atoms with van der Waals surface area (Å²) in [6, 6.07) is 18.6. The quantitative estimate of drug-likeness (QED) is 0.497. The molecule has 4 nitrogen and oxygen atoms in total. The Balaban J connectivity index is 1.71. The van der Waals surface area contributed by atoms with Crippen molar-refractivity contribution in [3.05, 3.63) is 73.3 Å². The van der Waals surface area contributed by atoms with E-state index in [0.717, 1.165) is 33.5 Å². The van der Waals surface area contributed by atoms with Crippen LogP contribution >= 0.6 is 0 Å². The molecule has 3 aromatic heterocycles. The van der Waals surface area contributed by atoms with Gasteiger partial charge in [0.05, 0.1) is 11.9 Å². The van der Waals surface area contributed by atoms with E-state index < -0.39 is 0 Å². The van der Waals surface area contributed by atoms with Crippen molar-refractivity contribution in [2.45, 2.75) is 0 Å². The highest BCUT2D eigenvalue weighted by Crippen LogP contribution is 2.32. The van der Waals surface area contributed by atoms with E-state index in [0.29, 0.717) is 0 Å². The SMILES string of the molecule is c1ccc2cc(-c3coc4ccc(-c5cn[nH]c5)nc34)ccc2c1. The summed E-state index contributed by atoms with van der Waals surface area (Å²) in [5.41, 5.74) is 5.59. The molecule has 0 saturated heterocycles. The maximum absolute atomic E-state index is 5.70. The lowest BCUT2D eigenvalue weighted by Crippen LogP contribution is -1.84. The van der Waals surface area contributed by atoms with Crippen LogP contribution in [-0.4, -0.2) is 15.2 Å². The van der Waals surface area contributed by atoms with Crippen LogP contribution in [0.5, 0.6) is 0 Å². The zero-order valence-electron chi connectivity index (χ0n) is 12.7. The number of furan rings is 1. The van der Waals surface area contributed by atoms with Crippen molar-refractivity contribution in [3.8, 4) is 22.4 Å². The Labute approximate surface area is 137 Å². The van der Waals surface area contributed by atoms with Crippen molar-refractivity contribution in [3.63, 3.8) is 0 Å². The number of aromatic amines is 1. The van der Waals surface area contributed by atoms with Gasteiger partial charge in [-0.25, -0.2) is 4.98 Å². The van der Waals surface area contributed by atoms with Gasteiger partial charge in [0.25, 0.3) is 0 Å². The van der Waals surface area contributed by atoms with Gasteiger partial charge in [0.15, 0.2) is 5.58 Å². The number of hydrogen-bond acceptors (Lipinski definition) is 3. The highest BCUT2D eigenvalue weighted by molar-refractivity contribution is 5.95. The first-order valence-corrected chi connectivity index (χ1v) is 7.75. The minimum Gasteiger partial charge on any atom is -0.462 e. The van der Waals surface area contributed by atoms with Crippen LogP contribution in [0.1, 0.15) is 0 Å². The van der Waals surface area contributed by atoms with E-state index in [9.17, 15) is 0 Å². The highest BCUT2D eigenvalue weighted by Gasteiger charge is 2.12. The van der Waals surface area contributed by atoms with Gasteiger partial charge in [-0.3, -0.25) is 5.10 Å². The number of pyridine rings is 1. The minimum absolute atomic E-state index is 0.783. The van der Waals surface area contributed by atoms with Gasteiger partial charge in [-0.2, -0.15) is 5.10 Å². The number of aromatic nitrogens is 3. The number of fused-ring (bicyclic) bond motifs is 2. The summed E-state index contributed by atoms with van der Waals surface area (Å²) in [4.78, 5) is 4.78. The zero-order valence-corrected chi connectivity index (χ0v) is 12.7. The van der Waals surface area contributed by atoms with Crippen LogP contribution in [0.4, 0.5) is 0 Å². The molecule has 3 heterocycles. The van der Waals surface area contributed by atoms with Gasteiger partial charge in [0, 0.05) is 17.3 Å². The van der Waals surface area contributed by atoms with Gasteiger partial charge < -0.3 is 4.42 Å². The topological polar surface area (TPSA) is 54.7 Å². The number of H-pyrrole nitrogens is 1. The average Bonchev–Trinajstić information content (AvgIpc) is 3.30. The third-order valence-electron chi connectivity index (χ3n) is 4.27. The van der Waals surface area contributed by atoms with E-state index in [1.54, 1.807) is 12.5 Å². The lowest BCUT2D eigenvalue weighted by Gasteiger charge is -2.03. The molecule has 1 N–H and O–H groups in total. The Bertz CT molecular complexity index is 1160. The van der Waals surface area contributed by atoms with Crippen LogP contribution in [0.3, 0.4) is 0 Å². The number of nitrogens with one attached hydrogen (secondary N) is 1. The van der Waals surface area contributed by atoms with Crippen molar-refractivity contribution >= 4 is 21.9 Å². The molecule has 0 aliphatic heterocycles. The average molecular weight is 311 g/mol. The van der Waals surface area contributed by atoms with Gasteiger partial charge in [0.2, 0.25) is 0 Å². The molecule has 0 fully saturated rings. The Hall–Kier alpha value is -3.40. The van der Waals surface area contributed by atoms with Crippen molar-refractivity contribution in [1.29, 1.82) is 0 Å². The Morgan fingerprint density at radius 1 is 0.875 bits per heavy atom. The smallest absolute Gasteiger partial charge is 0.153 e. The predicted molar refractivity (Wildman–Crippen MR) is 94.5 cm³/mol. The molecular weight excluding hydrogens is 298 g/mol. The second kappa shape index (κ2) is 5.06. The predicted octanol–water partition coefficient (Wildman–Crippen LogP) is 5.04. The standard InChI is InChI=1S/C20H13N3O/c1-2-4-14-9-15(6-5-13(14)3-1)17-12-24-19-8-7-18(23-20(17)19)16-10-21-22-11-16/h1-12H,(H,21,22). The molecule has 0 aliphatic rings. The maximum atomic E-state index is 5.70. The fourth-order valence-electron chi connectivity index (χ4n) is 3.03. The second-order valence-corrected chi connectivity index (χ2v) is 5.74. The van der Waals surface area contributed by atoms with Crippen LogP contribution < -0.4 is 0 Å². The van der Waals surface area contributed by atoms with E-state index in [1.165, 1.54) is 10.8 Å². The fraction of sp³-hybridized carbons (Fsp3) is 0. The molecule has 0 saturated carbocycles. The van der Waals surface area contributed by atoms with Crippen molar-refractivity contribution in [1.82, 2.24) is 15.2 Å². The normalized spacial score (nSPS) is 11.3. The largest absolute Gasteiger partial charge is 0.462 e. The lowest BCUT2D eigenvalue weighted by molar-refractivity contribution is 0.616. The monoisotopic (exact) mass is 311 g/mol. The number of benzene rings is 2. The van der Waals surface area contributed by atoms with E-state index >= 15 is 0 Å². The summed E-state index contributed by atoms with van der Waals surface area (Å²) in [7, 11) is 0. The summed E-state index contributed by atoms with van der Waals surface area (Å²) in [6.07, 6.45) is 5.38. The zero-order chi connectivity index (χ0) is 15.9. The molecule has 0 spiro atoms. The molecule has 5 aromatic rings. The van der Waals surface area contributed by atoms with Gasteiger partial charge in [-0.05, 0) is 34.5 Å². The van der Waals surface area contributed by atoms with Crippen molar-refractivity contribution in [2.24, 2.45) is 0 Å². The molecule has 5 rings (SSSR count). The Kier molecular flexibility index (Phi) is 2.76. The van der Waals surface area contributed by atoms with E-state index in [1.807, 2.05) is 24.4 Å².